The van der Waals surface area contributed by atoms with Gasteiger partial charge in [-0.05, 0) is 24.6 Å². The molecule has 1 aromatic carbocycles. The van der Waals surface area contributed by atoms with E-state index in [0.29, 0.717) is 16.6 Å². The molecule has 1 aromatic heterocycles. The molecule has 0 radical (unpaired) electrons. The van der Waals surface area contributed by atoms with Crippen molar-refractivity contribution in [2.75, 3.05) is 0 Å². The first kappa shape index (κ1) is 12.4. The van der Waals surface area contributed by atoms with Gasteiger partial charge in [-0.1, -0.05) is 34.4 Å². The minimum absolute atomic E-state index is 0.122. The first-order valence-electron chi connectivity index (χ1n) is 5.24. The van der Waals surface area contributed by atoms with Crippen molar-refractivity contribution in [1.29, 1.82) is 0 Å². The average Bonchev–Trinajstić information content (AvgIpc) is 2.78. The third-order valence-electron chi connectivity index (χ3n) is 2.51. The highest BCUT2D eigenvalue weighted by atomic mass is 35.5. The van der Waals surface area contributed by atoms with Crippen LogP contribution >= 0.6 is 23.2 Å². The van der Waals surface area contributed by atoms with E-state index in [4.69, 9.17) is 27.7 Å². The molecule has 0 aliphatic carbocycles. The van der Waals surface area contributed by atoms with E-state index in [0.717, 1.165) is 11.3 Å². The largest absolute Gasteiger partial charge is 0.364 e. The maximum absolute atomic E-state index is 6.13. The minimum Gasteiger partial charge on any atom is -0.364 e. The summed E-state index contributed by atoms with van der Waals surface area (Å²) in [5.41, 5.74) is 1.88. The van der Waals surface area contributed by atoms with Crippen LogP contribution in [-0.4, -0.2) is 5.16 Å². The molecule has 2 aromatic rings. The Morgan fingerprint density at radius 1 is 1.35 bits per heavy atom. The molecule has 0 bridgehead atoms. The zero-order valence-corrected chi connectivity index (χ0v) is 10.8. The zero-order valence-electron chi connectivity index (χ0n) is 9.28. The van der Waals surface area contributed by atoms with E-state index in [-0.39, 0.29) is 6.04 Å². The van der Waals surface area contributed by atoms with E-state index in [2.05, 4.69) is 10.5 Å². The summed E-state index contributed by atoms with van der Waals surface area (Å²) in [4.78, 5) is 0. The highest BCUT2D eigenvalue weighted by Crippen LogP contribution is 2.26. The summed E-state index contributed by atoms with van der Waals surface area (Å²) in [7, 11) is 0. The fourth-order valence-corrected chi connectivity index (χ4v) is 2.12. The van der Waals surface area contributed by atoms with Gasteiger partial charge in [0.25, 0.3) is 0 Å². The average molecular weight is 271 g/mol. The number of hydrogen-bond donors (Lipinski definition) is 1. The third kappa shape index (κ3) is 3.22. The normalized spacial score (nSPS) is 12.6. The molecule has 17 heavy (non-hydrogen) atoms. The van der Waals surface area contributed by atoms with Crippen LogP contribution in [0.2, 0.25) is 10.0 Å². The van der Waals surface area contributed by atoms with Crippen LogP contribution in [0.5, 0.6) is 0 Å². The first-order chi connectivity index (χ1) is 8.16. The molecule has 0 amide bonds. The van der Waals surface area contributed by atoms with E-state index in [1.54, 1.807) is 12.3 Å². The molecule has 1 unspecified atom stereocenters. The molecule has 0 aliphatic rings. The number of nitrogens with one attached hydrogen (secondary N) is 1. The lowest BCUT2D eigenvalue weighted by Crippen LogP contribution is -2.18. The molecule has 1 atom stereocenters. The topological polar surface area (TPSA) is 38.1 Å². The molecule has 2 rings (SSSR count). The van der Waals surface area contributed by atoms with E-state index >= 15 is 0 Å². The summed E-state index contributed by atoms with van der Waals surface area (Å²) in [5, 5.41) is 8.44. The van der Waals surface area contributed by atoms with Crippen molar-refractivity contribution in [3.63, 3.8) is 0 Å². The van der Waals surface area contributed by atoms with Gasteiger partial charge >= 0.3 is 0 Å². The molecule has 0 aliphatic heterocycles. The fourth-order valence-electron chi connectivity index (χ4n) is 1.55. The van der Waals surface area contributed by atoms with Crippen LogP contribution in [0.1, 0.15) is 24.2 Å². The maximum Gasteiger partial charge on any atom is 0.124 e. The van der Waals surface area contributed by atoms with Gasteiger partial charge in [0, 0.05) is 28.7 Å². The van der Waals surface area contributed by atoms with Gasteiger partial charge in [0.2, 0.25) is 0 Å². The lowest BCUT2D eigenvalue weighted by Gasteiger charge is -2.14. The van der Waals surface area contributed by atoms with Crippen LogP contribution in [0.4, 0.5) is 0 Å². The number of halogens is 2. The quantitative estimate of drug-likeness (QED) is 0.918. The van der Waals surface area contributed by atoms with Gasteiger partial charge in [-0.15, -0.1) is 0 Å². The molecule has 1 heterocycles. The molecule has 0 saturated carbocycles. The lowest BCUT2D eigenvalue weighted by molar-refractivity contribution is 0.406. The van der Waals surface area contributed by atoms with Gasteiger partial charge in [0.05, 0.1) is 5.69 Å². The zero-order chi connectivity index (χ0) is 12.3. The van der Waals surface area contributed by atoms with Crippen molar-refractivity contribution in [1.82, 2.24) is 10.5 Å². The maximum atomic E-state index is 6.13. The second-order valence-corrected chi connectivity index (χ2v) is 4.60. The Morgan fingerprint density at radius 3 is 2.82 bits per heavy atom. The molecule has 0 spiro atoms. The van der Waals surface area contributed by atoms with Crippen molar-refractivity contribution in [3.8, 4) is 0 Å². The smallest absolute Gasteiger partial charge is 0.124 e. The van der Waals surface area contributed by atoms with E-state index in [9.17, 15) is 0 Å². The van der Waals surface area contributed by atoms with Gasteiger partial charge < -0.3 is 9.84 Å². The van der Waals surface area contributed by atoms with Gasteiger partial charge in [-0.3, -0.25) is 0 Å². The Bertz CT molecular complexity index is 485. The van der Waals surface area contributed by atoms with E-state index in [1.807, 2.05) is 25.1 Å². The SMILES string of the molecule is CC(NCc1ccon1)c1ccc(Cl)cc1Cl. The predicted octanol–water partition coefficient (Wildman–Crippen LogP) is 3.83. The van der Waals surface area contributed by atoms with Crippen molar-refractivity contribution in [2.24, 2.45) is 0 Å². The second-order valence-electron chi connectivity index (χ2n) is 3.76. The first-order valence-corrected chi connectivity index (χ1v) is 6.00. The third-order valence-corrected chi connectivity index (χ3v) is 3.07. The van der Waals surface area contributed by atoms with Crippen LogP contribution in [0, 0.1) is 0 Å². The molecule has 90 valence electrons. The Hall–Kier alpha value is -1.03. The number of aromatic nitrogens is 1. The number of benzene rings is 1. The van der Waals surface area contributed by atoms with Crippen LogP contribution in [-0.2, 0) is 6.54 Å². The van der Waals surface area contributed by atoms with Gasteiger partial charge in [-0.25, -0.2) is 0 Å². The highest BCUT2D eigenvalue weighted by Gasteiger charge is 2.10. The van der Waals surface area contributed by atoms with Crippen molar-refractivity contribution < 1.29 is 4.52 Å². The van der Waals surface area contributed by atoms with E-state index < -0.39 is 0 Å². The van der Waals surface area contributed by atoms with Crippen molar-refractivity contribution >= 4 is 23.2 Å². The summed E-state index contributed by atoms with van der Waals surface area (Å²) in [5.74, 6) is 0. The number of nitrogens with zero attached hydrogens (tertiary/aromatic N) is 1. The summed E-state index contributed by atoms with van der Waals surface area (Å²) in [6.07, 6.45) is 1.55. The monoisotopic (exact) mass is 270 g/mol. The Kier molecular flexibility index (Phi) is 4.05. The summed E-state index contributed by atoms with van der Waals surface area (Å²) >= 11 is 12.0. The minimum atomic E-state index is 0.122. The molecule has 0 saturated heterocycles. The van der Waals surface area contributed by atoms with Crippen LogP contribution < -0.4 is 5.32 Å². The van der Waals surface area contributed by atoms with Crippen molar-refractivity contribution in [2.45, 2.75) is 19.5 Å². The van der Waals surface area contributed by atoms with Gasteiger partial charge in [0.15, 0.2) is 0 Å². The fraction of sp³-hybridized carbons (Fsp3) is 0.250. The van der Waals surface area contributed by atoms with Crippen LogP contribution in [0.15, 0.2) is 35.1 Å². The number of rotatable bonds is 4. The predicted molar refractivity (Wildman–Crippen MR) is 68.2 cm³/mol. The van der Waals surface area contributed by atoms with Crippen molar-refractivity contribution in [3.05, 3.63) is 51.8 Å². The highest BCUT2D eigenvalue weighted by molar-refractivity contribution is 6.35. The molecular weight excluding hydrogens is 259 g/mol. The summed E-state index contributed by atoms with van der Waals surface area (Å²) in [6, 6.07) is 7.44. The van der Waals surface area contributed by atoms with E-state index in [1.165, 1.54) is 0 Å². The number of hydrogen-bond acceptors (Lipinski definition) is 3. The summed E-state index contributed by atoms with van der Waals surface area (Å²) < 4.78 is 4.76. The molecule has 3 nitrogen and oxygen atoms in total. The molecular formula is C12H12Cl2N2O. The Morgan fingerprint density at radius 2 is 2.18 bits per heavy atom. The molecule has 5 heteroatoms. The molecule has 1 N–H and O–H groups in total. The summed E-state index contributed by atoms with van der Waals surface area (Å²) in [6.45, 7) is 2.67. The lowest BCUT2D eigenvalue weighted by atomic mass is 10.1. The Labute approximate surface area is 110 Å². The van der Waals surface area contributed by atoms with Crippen LogP contribution in [0.25, 0.3) is 0 Å². The molecule has 0 fully saturated rings. The Balaban J connectivity index is 2.01. The van der Waals surface area contributed by atoms with Gasteiger partial charge in [0.1, 0.15) is 6.26 Å². The second kappa shape index (κ2) is 5.54. The van der Waals surface area contributed by atoms with Gasteiger partial charge in [-0.2, -0.15) is 0 Å². The standard InChI is InChI=1S/C12H12Cl2N2O/c1-8(15-7-10-4-5-17-16-10)11-3-2-9(13)6-12(11)14/h2-6,8,15H,7H2,1H3. The van der Waals surface area contributed by atoms with Crippen LogP contribution in [0.3, 0.4) is 0 Å².